The minimum atomic E-state index is -0.250. The van der Waals surface area contributed by atoms with Crippen LogP contribution in [0.5, 0.6) is 0 Å². The maximum atomic E-state index is 11.3. The molecule has 1 amide bonds. The number of hydrogen-bond acceptors (Lipinski definition) is 2. The Balaban J connectivity index is 2.52. The van der Waals surface area contributed by atoms with E-state index in [9.17, 15) is 4.79 Å². The summed E-state index contributed by atoms with van der Waals surface area (Å²) in [6.07, 6.45) is 1.56. The number of carbonyl (C=O) groups is 1. The fourth-order valence-electron chi connectivity index (χ4n) is 1.11. The number of hydroxylamine groups is 2. The SMILES string of the molecule is CC(C)C(C)(C)ON1CCCC1=O. The molecule has 0 bridgehead atoms. The lowest BCUT2D eigenvalue weighted by Gasteiger charge is -2.33. The number of rotatable bonds is 3. The van der Waals surface area contributed by atoms with E-state index in [1.54, 1.807) is 0 Å². The summed E-state index contributed by atoms with van der Waals surface area (Å²) in [7, 11) is 0. The molecule has 0 aromatic carbocycles. The van der Waals surface area contributed by atoms with Gasteiger partial charge in [-0.3, -0.25) is 9.63 Å². The summed E-state index contributed by atoms with van der Waals surface area (Å²) < 4.78 is 0. The van der Waals surface area contributed by atoms with Crippen LogP contribution in [-0.4, -0.2) is 23.1 Å². The second-order valence-electron chi connectivity index (χ2n) is 4.45. The van der Waals surface area contributed by atoms with Crippen LogP contribution in [0.15, 0.2) is 0 Å². The van der Waals surface area contributed by atoms with Crippen LogP contribution in [0.1, 0.15) is 40.5 Å². The van der Waals surface area contributed by atoms with Crippen LogP contribution in [-0.2, 0) is 9.63 Å². The Hall–Kier alpha value is -0.570. The molecule has 1 fully saturated rings. The van der Waals surface area contributed by atoms with E-state index >= 15 is 0 Å². The summed E-state index contributed by atoms with van der Waals surface area (Å²) in [6, 6.07) is 0. The van der Waals surface area contributed by atoms with Gasteiger partial charge in [-0.1, -0.05) is 13.8 Å². The standard InChI is InChI=1S/C10H19NO2/c1-8(2)10(3,4)13-11-7-5-6-9(11)12/h8H,5-7H2,1-4H3. The molecule has 0 saturated carbocycles. The zero-order chi connectivity index (χ0) is 10.1. The summed E-state index contributed by atoms with van der Waals surface area (Å²) in [5.41, 5.74) is -0.250. The molecule has 13 heavy (non-hydrogen) atoms. The Labute approximate surface area is 80.0 Å². The van der Waals surface area contributed by atoms with Gasteiger partial charge in [0.05, 0.1) is 5.60 Å². The van der Waals surface area contributed by atoms with Gasteiger partial charge in [0.1, 0.15) is 0 Å². The summed E-state index contributed by atoms with van der Waals surface area (Å²) in [5.74, 6) is 0.523. The van der Waals surface area contributed by atoms with E-state index in [0.29, 0.717) is 12.3 Å². The van der Waals surface area contributed by atoms with Gasteiger partial charge < -0.3 is 0 Å². The molecule has 1 saturated heterocycles. The molecule has 0 N–H and O–H groups in total. The van der Waals surface area contributed by atoms with Crippen molar-refractivity contribution in [1.29, 1.82) is 0 Å². The zero-order valence-corrected chi connectivity index (χ0v) is 8.96. The van der Waals surface area contributed by atoms with E-state index in [2.05, 4.69) is 13.8 Å². The fraction of sp³-hybridized carbons (Fsp3) is 0.900. The Bertz CT molecular complexity index is 199. The molecular weight excluding hydrogens is 166 g/mol. The lowest BCUT2D eigenvalue weighted by Crippen LogP contribution is -2.40. The van der Waals surface area contributed by atoms with Crippen LogP contribution >= 0.6 is 0 Å². The molecule has 3 nitrogen and oxygen atoms in total. The van der Waals surface area contributed by atoms with Crippen LogP contribution in [0.25, 0.3) is 0 Å². The van der Waals surface area contributed by atoms with Crippen molar-refractivity contribution in [1.82, 2.24) is 5.06 Å². The van der Waals surface area contributed by atoms with Gasteiger partial charge in [-0.2, -0.15) is 0 Å². The van der Waals surface area contributed by atoms with E-state index in [1.165, 1.54) is 5.06 Å². The fourth-order valence-corrected chi connectivity index (χ4v) is 1.11. The van der Waals surface area contributed by atoms with Crippen molar-refractivity contribution in [2.75, 3.05) is 6.54 Å². The number of carbonyl (C=O) groups excluding carboxylic acids is 1. The highest BCUT2D eigenvalue weighted by atomic mass is 16.7. The van der Waals surface area contributed by atoms with Gasteiger partial charge in [-0.15, -0.1) is 0 Å². The van der Waals surface area contributed by atoms with Crippen molar-refractivity contribution >= 4 is 5.91 Å². The Morgan fingerprint density at radius 2 is 2.08 bits per heavy atom. The third-order valence-electron chi connectivity index (χ3n) is 2.77. The molecule has 3 heteroatoms. The maximum Gasteiger partial charge on any atom is 0.246 e. The summed E-state index contributed by atoms with van der Waals surface area (Å²) in [5, 5.41) is 1.51. The van der Waals surface area contributed by atoms with Crippen molar-refractivity contribution in [3.05, 3.63) is 0 Å². The van der Waals surface area contributed by atoms with E-state index in [0.717, 1.165) is 13.0 Å². The molecular formula is C10H19NO2. The topological polar surface area (TPSA) is 29.5 Å². The highest BCUT2D eigenvalue weighted by Crippen LogP contribution is 2.24. The molecule has 1 aliphatic heterocycles. The minimum Gasteiger partial charge on any atom is -0.273 e. The monoisotopic (exact) mass is 185 g/mol. The minimum absolute atomic E-state index is 0.119. The molecule has 0 aromatic heterocycles. The molecule has 0 aliphatic carbocycles. The van der Waals surface area contributed by atoms with E-state index in [-0.39, 0.29) is 11.5 Å². The Morgan fingerprint density at radius 3 is 2.46 bits per heavy atom. The van der Waals surface area contributed by atoms with Gasteiger partial charge in [0.15, 0.2) is 0 Å². The average molecular weight is 185 g/mol. The van der Waals surface area contributed by atoms with Gasteiger partial charge in [0.25, 0.3) is 0 Å². The van der Waals surface area contributed by atoms with Gasteiger partial charge in [0.2, 0.25) is 5.91 Å². The number of hydrogen-bond donors (Lipinski definition) is 0. The highest BCUT2D eigenvalue weighted by molar-refractivity contribution is 5.76. The van der Waals surface area contributed by atoms with Gasteiger partial charge in [0, 0.05) is 13.0 Å². The lowest BCUT2D eigenvalue weighted by atomic mass is 9.95. The predicted octanol–water partition coefficient (Wildman–Crippen LogP) is 1.97. The maximum absolute atomic E-state index is 11.3. The van der Waals surface area contributed by atoms with Crippen molar-refractivity contribution in [3.63, 3.8) is 0 Å². The molecule has 0 aromatic rings. The first-order valence-electron chi connectivity index (χ1n) is 4.93. The van der Waals surface area contributed by atoms with Crippen LogP contribution < -0.4 is 0 Å². The third-order valence-corrected chi connectivity index (χ3v) is 2.77. The first-order valence-corrected chi connectivity index (χ1v) is 4.93. The van der Waals surface area contributed by atoms with Crippen LogP contribution in [0, 0.1) is 5.92 Å². The molecule has 0 spiro atoms. The number of nitrogens with zero attached hydrogens (tertiary/aromatic N) is 1. The van der Waals surface area contributed by atoms with Gasteiger partial charge in [-0.05, 0) is 26.2 Å². The van der Waals surface area contributed by atoms with Crippen molar-refractivity contribution in [2.45, 2.75) is 46.1 Å². The smallest absolute Gasteiger partial charge is 0.246 e. The second-order valence-corrected chi connectivity index (χ2v) is 4.45. The third kappa shape index (κ3) is 2.44. The van der Waals surface area contributed by atoms with E-state index in [1.807, 2.05) is 13.8 Å². The largest absolute Gasteiger partial charge is 0.273 e. The molecule has 1 heterocycles. The molecule has 1 rings (SSSR count). The normalized spacial score (nSPS) is 18.8. The summed E-state index contributed by atoms with van der Waals surface area (Å²) in [4.78, 5) is 16.9. The zero-order valence-electron chi connectivity index (χ0n) is 8.96. The molecule has 0 unspecified atom stereocenters. The average Bonchev–Trinajstić information content (AvgIpc) is 2.35. The molecule has 0 atom stereocenters. The first-order chi connectivity index (χ1) is 5.93. The second kappa shape index (κ2) is 3.66. The van der Waals surface area contributed by atoms with Crippen molar-refractivity contribution < 1.29 is 9.63 Å². The van der Waals surface area contributed by atoms with Crippen LogP contribution in [0.2, 0.25) is 0 Å². The van der Waals surface area contributed by atoms with Gasteiger partial charge in [-0.25, -0.2) is 5.06 Å². The van der Waals surface area contributed by atoms with Crippen LogP contribution in [0.3, 0.4) is 0 Å². The quantitative estimate of drug-likeness (QED) is 0.672. The lowest BCUT2D eigenvalue weighted by molar-refractivity contribution is -0.234. The Morgan fingerprint density at radius 1 is 1.46 bits per heavy atom. The Kier molecular flexibility index (Phi) is 2.96. The van der Waals surface area contributed by atoms with Crippen molar-refractivity contribution in [2.24, 2.45) is 5.92 Å². The molecule has 76 valence electrons. The molecule has 0 radical (unpaired) electrons. The van der Waals surface area contributed by atoms with Crippen LogP contribution in [0.4, 0.5) is 0 Å². The molecule has 1 aliphatic rings. The predicted molar refractivity (Wildman–Crippen MR) is 50.9 cm³/mol. The van der Waals surface area contributed by atoms with E-state index in [4.69, 9.17) is 4.84 Å². The van der Waals surface area contributed by atoms with Crippen molar-refractivity contribution in [3.8, 4) is 0 Å². The number of amides is 1. The van der Waals surface area contributed by atoms with E-state index < -0.39 is 0 Å². The summed E-state index contributed by atoms with van der Waals surface area (Å²) in [6.45, 7) is 8.97. The first kappa shape index (κ1) is 10.5. The highest BCUT2D eigenvalue weighted by Gasteiger charge is 2.31. The summed E-state index contributed by atoms with van der Waals surface area (Å²) >= 11 is 0. The van der Waals surface area contributed by atoms with Gasteiger partial charge >= 0.3 is 0 Å².